The number of halogens is 1. The zero-order chi connectivity index (χ0) is 26.3. The molecule has 37 heavy (non-hydrogen) atoms. The molecule has 0 unspecified atom stereocenters. The highest BCUT2D eigenvalue weighted by Gasteiger charge is 2.43. The van der Waals surface area contributed by atoms with Crippen molar-refractivity contribution in [3.05, 3.63) is 86.6 Å². The Morgan fingerprint density at radius 3 is 2.54 bits per heavy atom. The standard InChI is InChI=1S/C28H28FN3O4S/c1-28(2)12-18-22(19(33)13-28)21(17-6-5-7-20(35-3)24(17)36-4)23-25(30-18)31-27(32-26(23)34)37-14-15-8-10-16(29)11-9-15/h5-11,21H,12-14H2,1-4H3,(H2,30,31,32,34)/t21-/m1/s1. The van der Waals surface area contributed by atoms with Gasteiger partial charge in [-0.05, 0) is 35.6 Å². The maximum absolute atomic E-state index is 13.6. The lowest BCUT2D eigenvalue weighted by Gasteiger charge is -2.38. The third-order valence-corrected chi connectivity index (χ3v) is 7.68. The number of hydrogen-bond acceptors (Lipinski definition) is 7. The van der Waals surface area contributed by atoms with Crippen molar-refractivity contribution in [1.29, 1.82) is 0 Å². The fourth-order valence-electron chi connectivity index (χ4n) is 5.14. The van der Waals surface area contributed by atoms with Crippen LogP contribution in [-0.2, 0) is 10.5 Å². The fourth-order valence-corrected chi connectivity index (χ4v) is 5.96. The molecule has 2 N–H and O–H groups in total. The first-order valence-electron chi connectivity index (χ1n) is 12.0. The minimum absolute atomic E-state index is 0.00608. The third kappa shape index (κ3) is 4.75. The summed E-state index contributed by atoms with van der Waals surface area (Å²) in [6, 6.07) is 11.7. The number of aromatic nitrogens is 2. The number of ether oxygens (including phenoxy) is 2. The van der Waals surface area contributed by atoms with Crippen molar-refractivity contribution in [3.8, 4) is 11.5 Å². The number of allylic oxidation sites excluding steroid dienone is 2. The summed E-state index contributed by atoms with van der Waals surface area (Å²) in [6.45, 7) is 4.12. The predicted octanol–water partition coefficient (Wildman–Crippen LogP) is 5.42. The maximum atomic E-state index is 13.6. The number of carbonyl (C=O) groups excluding carboxylic acids is 1. The molecule has 0 fully saturated rings. The minimum atomic E-state index is -0.660. The predicted molar refractivity (Wildman–Crippen MR) is 141 cm³/mol. The van der Waals surface area contributed by atoms with E-state index in [2.05, 4.69) is 24.1 Å². The van der Waals surface area contributed by atoms with E-state index in [9.17, 15) is 14.0 Å². The molecule has 0 saturated heterocycles. The summed E-state index contributed by atoms with van der Waals surface area (Å²) in [5.41, 5.74) is 2.72. The summed E-state index contributed by atoms with van der Waals surface area (Å²) in [6.07, 6.45) is 1.02. The Balaban J connectivity index is 1.63. The van der Waals surface area contributed by atoms with Gasteiger partial charge in [0.2, 0.25) is 0 Å². The Kier molecular flexibility index (Phi) is 6.58. The van der Waals surface area contributed by atoms with Crippen LogP contribution in [0.1, 0.15) is 49.3 Å². The van der Waals surface area contributed by atoms with Gasteiger partial charge in [0.05, 0.1) is 25.7 Å². The molecule has 9 heteroatoms. The molecule has 192 valence electrons. The minimum Gasteiger partial charge on any atom is -0.493 e. The number of nitrogens with zero attached hydrogens (tertiary/aromatic N) is 1. The van der Waals surface area contributed by atoms with Crippen molar-refractivity contribution in [3.63, 3.8) is 0 Å². The molecule has 2 aliphatic rings. The molecule has 0 radical (unpaired) electrons. The number of benzene rings is 2. The largest absolute Gasteiger partial charge is 0.493 e. The van der Waals surface area contributed by atoms with E-state index in [0.717, 1.165) is 11.3 Å². The van der Waals surface area contributed by atoms with Gasteiger partial charge in [-0.2, -0.15) is 0 Å². The van der Waals surface area contributed by atoms with Crippen molar-refractivity contribution in [2.75, 3.05) is 19.5 Å². The second-order valence-corrected chi connectivity index (χ2v) is 11.0. The number of fused-ring (bicyclic) bond motifs is 1. The summed E-state index contributed by atoms with van der Waals surface area (Å²) in [4.78, 5) is 34.7. The van der Waals surface area contributed by atoms with E-state index < -0.39 is 5.92 Å². The van der Waals surface area contributed by atoms with Crippen molar-refractivity contribution in [2.24, 2.45) is 5.41 Å². The highest BCUT2D eigenvalue weighted by atomic mass is 32.2. The molecule has 5 rings (SSSR count). The molecule has 7 nitrogen and oxygen atoms in total. The molecular weight excluding hydrogens is 493 g/mol. The highest BCUT2D eigenvalue weighted by Crippen LogP contribution is 2.50. The number of aromatic amines is 1. The number of anilines is 1. The average Bonchev–Trinajstić information content (AvgIpc) is 2.85. The first-order valence-corrected chi connectivity index (χ1v) is 12.9. The van der Waals surface area contributed by atoms with Crippen molar-refractivity contribution in [2.45, 2.75) is 43.5 Å². The number of ketones is 1. The Morgan fingerprint density at radius 1 is 1.08 bits per heavy atom. The van der Waals surface area contributed by atoms with E-state index in [4.69, 9.17) is 14.5 Å². The van der Waals surface area contributed by atoms with Crippen molar-refractivity contribution < 1.29 is 18.7 Å². The van der Waals surface area contributed by atoms with Crippen LogP contribution in [0.4, 0.5) is 10.2 Å². The molecule has 0 amide bonds. The second kappa shape index (κ2) is 9.70. The molecule has 1 aliphatic carbocycles. The summed E-state index contributed by atoms with van der Waals surface area (Å²) in [5, 5.41) is 3.76. The lowest BCUT2D eigenvalue weighted by atomic mass is 9.69. The number of nitrogens with one attached hydrogen (secondary N) is 2. The zero-order valence-electron chi connectivity index (χ0n) is 21.1. The van der Waals surface area contributed by atoms with Gasteiger partial charge in [-0.3, -0.25) is 9.59 Å². The molecule has 2 heterocycles. The monoisotopic (exact) mass is 521 g/mol. The van der Waals surface area contributed by atoms with Crippen LogP contribution in [0.25, 0.3) is 0 Å². The van der Waals surface area contributed by atoms with E-state index in [0.29, 0.717) is 57.8 Å². The Hall–Kier alpha value is -3.59. The first-order chi connectivity index (χ1) is 17.7. The number of hydrogen-bond donors (Lipinski definition) is 2. The lowest BCUT2D eigenvalue weighted by Crippen LogP contribution is -2.37. The lowest BCUT2D eigenvalue weighted by molar-refractivity contribution is -0.118. The summed E-state index contributed by atoms with van der Waals surface area (Å²) in [5.74, 6) is 0.953. The number of methoxy groups -OCH3 is 2. The van der Waals surface area contributed by atoms with E-state index >= 15 is 0 Å². The number of H-pyrrole nitrogens is 1. The molecule has 0 saturated carbocycles. The number of Topliss-reactive ketones (excluding diaryl/α,β-unsaturated/α-hetero) is 1. The van der Waals surface area contributed by atoms with Crippen LogP contribution in [0.5, 0.6) is 11.5 Å². The number of rotatable bonds is 6. The van der Waals surface area contributed by atoms with Gasteiger partial charge in [0.25, 0.3) is 5.56 Å². The van der Waals surface area contributed by atoms with Gasteiger partial charge < -0.3 is 19.8 Å². The zero-order valence-corrected chi connectivity index (χ0v) is 21.9. The average molecular weight is 522 g/mol. The van der Waals surface area contributed by atoms with Crippen LogP contribution in [0.3, 0.4) is 0 Å². The number of thioether (sulfide) groups is 1. The summed E-state index contributed by atoms with van der Waals surface area (Å²) in [7, 11) is 3.10. The number of carbonyl (C=O) groups is 1. The third-order valence-electron chi connectivity index (χ3n) is 6.73. The molecule has 0 spiro atoms. The van der Waals surface area contributed by atoms with E-state index in [1.807, 2.05) is 12.1 Å². The Labute approximate surface area is 218 Å². The molecule has 0 bridgehead atoms. The molecule has 1 aliphatic heterocycles. The number of para-hydroxylation sites is 1. The van der Waals surface area contributed by atoms with Crippen LogP contribution in [0.2, 0.25) is 0 Å². The van der Waals surface area contributed by atoms with Gasteiger partial charge in [-0.15, -0.1) is 0 Å². The second-order valence-electron chi connectivity index (χ2n) is 10.0. The van der Waals surface area contributed by atoms with Crippen molar-refractivity contribution in [1.82, 2.24) is 9.97 Å². The van der Waals surface area contributed by atoms with Crippen LogP contribution in [0, 0.1) is 11.2 Å². The van der Waals surface area contributed by atoms with Gasteiger partial charge >= 0.3 is 0 Å². The molecule has 1 aromatic heterocycles. The van der Waals surface area contributed by atoms with Crippen LogP contribution < -0.4 is 20.3 Å². The first kappa shape index (κ1) is 25.1. The molecule has 3 aromatic rings. The van der Waals surface area contributed by atoms with Crippen LogP contribution >= 0.6 is 11.8 Å². The van der Waals surface area contributed by atoms with E-state index in [1.165, 1.54) is 23.9 Å². The van der Waals surface area contributed by atoms with Gasteiger partial charge in [-0.1, -0.05) is 49.9 Å². The molecular formula is C28H28FN3O4S. The van der Waals surface area contributed by atoms with E-state index in [1.54, 1.807) is 32.4 Å². The van der Waals surface area contributed by atoms with Gasteiger partial charge in [0.15, 0.2) is 22.4 Å². The van der Waals surface area contributed by atoms with Crippen LogP contribution in [-0.4, -0.2) is 30.0 Å². The fraction of sp³-hybridized carbons (Fsp3) is 0.321. The SMILES string of the molecule is COc1cccc([C@@H]2C3=C(CC(C)(C)CC3=O)Nc3nc(SCc4ccc(F)cc4)[nH]c(=O)c32)c1OC. The topological polar surface area (TPSA) is 93.3 Å². The smallest absolute Gasteiger partial charge is 0.257 e. The van der Waals surface area contributed by atoms with E-state index in [-0.39, 0.29) is 22.6 Å². The quantitative estimate of drug-likeness (QED) is 0.331. The maximum Gasteiger partial charge on any atom is 0.257 e. The normalized spacial score (nSPS) is 18.1. The van der Waals surface area contributed by atoms with Crippen molar-refractivity contribution >= 4 is 23.4 Å². The van der Waals surface area contributed by atoms with Crippen LogP contribution in [0.15, 0.2) is 63.7 Å². The molecule has 2 aromatic carbocycles. The summed E-state index contributed by atoms with van der Waals surface area (Å²) >= 11 is 1.35. The highest BCUT2D eigenvalue weighted by molar-refractivity contribution is 7.98. The Morgan fingerprint density at radius 2 is 1.84 bits per heavy atom. The Bertz CT molecular complexity index is 1460. The van der Waals surface area contributed by atoms with Gasteiger partial charge in [0, 0.05) is 29.0 Å². The van der Waals surface area contributed by atoms with Gasteiger partial charge in [-0.25, -0.2) is 9.37 Å². The molecule has 1 atom stereocenters. The van der Waals surface area contributed by atoms with Gasteiger partial charge in [0.1, 0.15) is 11.6 Å². The summed E-state index contributed by atoms with van der Waals surface area (Å²) < 4.78 is 24.5.